The molecule has 112 valence electrons. The van der Waals surface area contributed by atoms with Crippen LogP contribution in [0.2, 0.25) is 0 Å². The Morgan fingerprint density at radius 2 is 2.24 bits per heavy atom. The molecule has 0 aliphatic rings. The van der Waals surface area contributed by atoms with Crippen LogP contribution in [-0.2, 0) is 17.8 Å². The third-order valence-corrected chi connectivity index (χ3v) is 3.04. The van der Waals surface area contributed by atoms with Gasteiger partial charge in [-0.3, -0.25) is 0 Å². The summed E-state index contributed by atoms with van der Waals surface area (Å²) in [5.41, 5.74) is 7.63. The molecule has 7 nitrogen and oxygen atoms in total. The van der Waals surface area contributed by atoms with E-state index >= 15 is 0 Å². The number of rotatable bonds is 6. The summed E-state index contributed by atoms with van der Waals surface area (Å²) >= 11 is 0. The summed E-state index contributed by atoms with van der Waals surface area (Å²) in [6.45, 7) is 5.44. The van der Waals surface area contributed by atoms with Crippen LogP contribution in [0.3, 0.4) is 0 Å². The van der Waals surface area contributed by atoms with E-state index in [1.807, 2.05) is 11.5 Å². The Bertz CT molecular complexity index is 624. The minimum absolute atomic E-state index is 0.339. The number of ether oxygens (including phenoxy) is 1. The van der Waals surface area contributed by atoms with E-state index in [0.29, 0.717) is 24.4 Å². The molecule has 0 fully saturated rings. The number of carbonyl (C=O) groups is 1. The number of hydrogen-bond acceptors (Lipinski definition) is 6. The molecule has 0 amide bonds. The molecule has 1 heterocycles. The maximum absolute atomic E-state index is 11.6. The Kier molecular flexibility index (Phi) is 4.76. The normalized spacial score (nSPS) is 10.4. The van der Waals surface area contributed by atoms with E-state index in [-0.39, 0.29) is 5.97 Å². The number of nitrogen functional groups attached to an aromatic ring is 1. The van der Waals surface area contributed by atoms with Crippen LogP contribution in [0, 0.1) is 0 Å². The van der Waals surface area contributed by atoms with Crippen LogP contribution >= 0.6 is 0 Å². The first-order valence-corrected chi connectivity index (χ1v) is 6.82. The van der Waals surface area contributed by atoms with Gasteiger partial charge >= 0.3 is 5.97 Å². The zero-order chi connectivity index (χ0) is 15.2. The maximum Gasteiger partial charge on any atom is 0.338 e. The summed E-state index contributed by atoms with van der Waals surface area (Å²) in [5.74, 6) is 0.452. The molecule has 0 atom stereocenters. The molecule has 0 spiro atoms. The lowest BCUT2D eigenvalue weighted by molar-refractivity contribution is 0.0526. The van der Waals surface area contributed by atoms with Gasteiger partial charge in [-0.05, 0) is 32.0 Å². The lowest BCUT2D eigenvalue weighted by Crippen LogP contribution is -2.10. The first kappa shape index (κ1) is 14.8. The first-order chi connectivity index (χ1) is 10.2. The quantitative estimate of drug-likeness (QED) is 0.620. The van der Waals surface area contributed by atoms with Crippen LogP contribution in [-0.4, -0.2) is 27.3 Å². The number of nitrogens with one attached hydrogen (secondary N) is 1. The van der Waals surface area contributed by atoms with E-state index in [9.17, 15) is 4.79 Å². The van der Waals surface area contributed by atoms with Crippen molar-refractivity contribution in [3.63, 3.8) is 0 Å². The van der Waals surface area contributed by atoms with Crippen molar-refractivity contribution in [3.8, 4) is 0 Å². The van der Waals surface area contributed by atoms with Crippen molar-refractivity contribution >= 4 is 17.3 Å². The van der Waals surface area contributed by atoms with Gasteiger partial charge < -0.3 is 20.4 Å². The third-order valence-electron chi connectivity index (χ3n) is 3.04. The highest BCUT2D eigenvalue weighted by Crippen LogP contribution is 2.21. The summed E-state index contributed by atoms with van der Waals surface area (Å²) in [5, 5.41) is 11.1. The zero-order valence-electron chi connectivity index (χ0n) is 12.2. The predicted molar refractivity (Wildman–Crippen MR) is 79.8 cm³/mol. The van der Waals surface area contributed by atoms with E-state index < -0.39 is 0 Å². The number of aryl methyl sites for hydroxylation is 1. The second-order valence-corrected chi connectivity index (χ2v) is 4.41. The number of carbonyl (C=O) groups excluding carboxylic acids is 1. The van der Waals surface area contributed by atoms with Crippen molar-refractivity contribution < 1.29 is 9.53 Å². The highest BCUT2D eigenvalue weighted by atomic mass is 16.5. The number of hydrogen-bond donors (Lipinski definition) is 2. The molecule has 7 heteroatoms. The van der Waals surface area contributed by atoms with Crippen LogP contribution in [0.4, 0.5) is 11.4 Å². The molecule has 21 heavy (non-hydrogen) atoms. The lowest BCUT2D eigenvalue weighted by Gasteiger charge is -2.11. The van der Waals surface area contributed by atoms with E-state index in [4.69, 9.17) is 10.5 Å². The maximum atomic E-state index is 11.6. The standard InChI is InChI=1S/C14H19N5O2/c1-3-19-9-17-18-13(19)8-16-12-6-5-10(7-11(12)15)14(20)21-4-2/h5-7,9,16H,3-4,8,15H2,1-2H3. The van der Waals surface area contributed by atoms with Gasteiger partial charge in [0.25, 0.3) is 0 Å². The molecule has 2 aromatic rings. The van der Waals surface area contributed by atoms with Gasteiger partial charge in [0.15, 0.2) is 5.82 Å². The SMILES string of the molecule is CCOC(=O)c1ccc(NCc2nncn2CC)c(N)c1. The van der Waals surface area contributed by atoms with Gasteiger partial charge in [0.2, 0.25) is 0 Å². The molecule has 0 saturated carbocycles. The van der Waals surface area contributed by atoms with Crippen LogP contribution < -0.4 is 11.1 Å². The van der Waals surface area contributed by atoms with Gasteiger partial charge in [0.05, 0.1) is 30.1 Å². The number of nitrogens with two attached hydrogens (primary N) is 1. The molecule has 1 aromatic heterocycles. The summed E-state index contributed by atoms with van der Waals surface area (Å²) in [4.78, 5) is 11.6. The summed E-state index contributed by atoms with van der Waals surface area (Å²) in [6, 6.07) is 5.04. The van der Waals surface area contributed by atoms with Crippen molar-refractivity contribution in [3.05, 3.63) is 35.9 Å². The van der Waals surface area contributed by atoms with Gasteiger partial charge in [0.1, 0.15) is 6.33 Å². The Hall–Kier alpha value is -2.57. The van der Waals surface area contributed by atoms with Gasteiger partial charge in [-0.15, -0.1) is 10.2 Å². The molecule has 0 aliphatic heterocycles. The molecule has 0 radical (unpaired) electrons. The van der Waals surface area contributed by atoms with Crippen molar-refractivity contribution in [1.29, 1.82) is 0 Å². The Morgan fingerprint density at radius 1 is 1.43 bits per heavy atom. The number of nitrogens with zero attached hydrogens (tertiary/aromatic N) is 3. The van der Waals surface area contributed by atoms with E-state index in [0.717, 1.165) is 18.1 Å². The number of anilines is 2. The van der Waals surface area contributed by atoms with Crippen molar-refractivity contribution in [2.24, 2.45) is 0 Å². The van der Waals surface area contributed by atoms with E-state index in [2.05, 4.69) is 15.5 Å². The van der Waals surface area contributed by atoms with Gasteiger partial charge in [0, 0.05) is 6.54 Å². The zero-order valence-corrected chi connectivity index (χ0v) is 12.2. The van der Waals surface area contributed by atoms with Crippen LogP contribution in [0.15, 0.2) is 24.5 Å². The Morgan fingerprint density at radius 3 is 2.90 bits per heavy atom. The van der Waals surface area contributed by atoms with Crippen LogP contribution in [0.1, 0.15) is 30.0 Å². The first-order valence-electron chi connectivity index (χ1n) is 6.82. The van der Waals surface area contributed by atoms with Crippen molar-refractivity contribution in [1.82, 2.24) is 14.8 Å². The molecule has 3 N–H and O–H groups in total. The fourth-order valence-electron chi connectivity index (χ4n) is 1.92. The third kappa shape index (κ3) is 3.50. The minimum atomic E-state index is -0.374. The number of esters is 1. The fourth-order valence-corrected chi connectivity index (χ4v) is 1.92. The Balaban J connectivity index is 2.06. The van der Waals surface area contributed by atoms with E-state index in [1.54, 1.807) is 31.5 Å². The highest BCUT2D eigenvalue weighted by molar-refractivity contribution is 5.91. The summed E-state index contributed by atoms with van der Waals surface area (Å²) in [7, 11) is 0. The van der Waals surface area contributed by atoms with E-state index in [1.165, 1.54) is 0 Å². The number of benzene rings is 1. The molecular weight excluding hydrogens is 270 g/mol. The fraction of sp³-hybridized carbons (Fsp3) is 0.357. The van der Waals surface area contributed by atoms with Gasteiger partial charge in [-0.1, -0.05) is 0 Å². The molecule has 0 bridgehead atoms. The molecule has 0 aliphatic carbocycles. The van der Waals surface area contributed by atoms with Crippen molar-refractivity contribution in [2.75, 3.05) is 17.7 Å². The molecular formula is C14H19N5O2. The Labute approximate surface area is 123 Å². The number of aromatic nitrogens is 3. The molecule has 0 unspecified atom stereocenters. The van der Waals surface area contributed by atoms with Crippen LogP contribution in [0.5, 0.6) is 0 Å². The average Bonchev–Trinajstić information content (AvgIpc) is 2.93. The highest BCUT2D eigenvalue weighted by Gasteiger charge is 2.09. The average molecular weight is 289 g/mol. The molecule has 1 aromatic carbocycles. The summed E-state index contributed by atoms with van der Waals surface area (Å²) < 4.78 is 6.88. The van der Waals surface area contributed by atoms with Crippen molar-refractivity contribution in [2.45, 2.75) is 26.9 Å². The van der Waals surface area contributed by atoms with Gasteiger partial charge in [-0.25, -0.2) is 4.79 Å². The van der Waals surface area contributed by atoms with Gasteiger partial charge in [-0.2, -0.15) is 0 Å². The predicted octanol–water partition coefficient (Wildman–Crippen LogP) is 1.67. The largest absolute Gasteiger partial charge is 0.462 e. The minimum Gasteiger partial charge on any atom is -0.462 e. The molecule has 0 saturated heterocycles. The smallest absolute Gasteiger partial charge is 0.338 e. The lowest BCUT2D eigenvalue weighted by atomic mass is 10.1. The second-order valence-electron chi connectivity index (χ2n) is 4.41. The second kappa shape index (κ2) is 6.74. The molecule has 2 rings (SSSR count). The van der Waals surface area contributed by atoms with Crippen LogP contribution in [0.25, 0.3) is 0 Å². The topological polar surface area (TPSA) is 95.1 Å². The summed E-state index contributed by atoms with van der Waals surface area (Å²) in [6.07, 6.45) is 1.68. The monoisotopic (exact) mass is 289 g/mol.